The lowest BCUT2D eigenvalue weighted by molar-refractivity contribution is -0.128. The molecule has 0 spiro atoms. The largest absolute Gasteiger partial charge is 0.349 e. The molecular formula is C13H22N4O. The molecule has 5 heteroatoms. The molecule has 0 aliphatic carbocycles. The van der Waals surface area contributed by atoms with Crippen LogP contribution in [0.4, 0.5) is 0 Å². The van der Waals surface area contributed by atoms with E-state index in [2.05, 4.69) is 21.8 Å². The minimum Gasteiger partial charge on any atom is -0.349 e. The zero-order valence-corrected chi connectivity index (χ0v) is 11.4. The number of nitrogens with one attached hydrogen (secondary N) is 1. The van der Waals surface area contributed by atoms with E-state index in [1.807, 2.05) is 12.5 Å². The van der Waals surface area contributed by atoms with Crippen LogP contribution in [0.15, 0.2) is 12.5 Å². The molecule has 18 heavy (non-hydrogen) atoms. The molecular weight excluding hydrogens is 228 g/mol. The summed E-state index contributed by atoms with van der Waals surface area (Å²) in [4.78, 5) is 17.5. The van der Waals surface area contributed by atoms with E-state index in [1.54, 1.807) is 19.0 Å². The van der Waals surface area contributed by atoms with Gasteiger partial charge in [-0.3, -0.25) is 4.79 Å². The second kappa shape index (κ2) is 5.10. The number of amides is 1. The summed E-state index contributed by atoms with van der Waals surface area (Å²) in [6.07, 6.45) is 5.43. The normalized spacial score (nSPS) is 23.3. The highest BCUT2D eigenvalue weighted by Crippen LogP contribution is 2.29. The maximum atomic E-state index is 11.6. The van der Waals surface area contributed by atoms with Gasteiger partial charge in [-0.15, -0.1) is 0 Å². The first kappa shape index (κ1) is 13.1. The summed E-state index contributed by atoms with van der Waals surface area (Å²) in [7, 11) is 3.58. The molecule has 2 rings (SSSR count). The van der Waals surface area contributed by atoms with E-state index < -0.39 is 0 Å². The SMILES string of the molecule is CN(C)C(=O)CCn1cncc1C1(C)CCNC1. The van der Waals surface area contributed by atoms with E-state index in [1.165, 1.54) is 5.69 Å². The molecule has 1 amide bonds. The quantitative estimate of drug-likeness (QED) is 0.852. The third-order valence-corrected chi connectivity index (χ3v) is 3.76. The molecule has 1 aliphatic rings. The Morgan fingerprint density at radius 2 is 2.39 bits per heavy atom. The number of hydrogen-bond donors (Lipinski definition) is 1. The van der Waals surface area contributed by atoms with Gasteiger partial charge in [0.2, 0.25) is 5.91 Å². The average Bonchev–Trinajstić information content (AvgIpc) is 2.94. The smallest absolute Gasteiger partial charge is 0.223 e. The zero-order valence-electron chi connectivity index (χ0n) is 11.4. The topological polar surface area (TPSA) is 50.2 Å². The van der Waals surface area contributed by atoms with Crippen LogP contribution >= 0.6 is 0 Å². The molecule has 2 heterocycles. The monoisotopic (exact) mass is 250 g/mol. The molecule has 1 unspecified atom stereocenters. The highest BCUT2D eigenvalue weighted by atomic mass is 16.2. The van der Waals surface area contributed by atoms with Crippen molar-refractivity contribution in [1.29, 1.82) is 0 Å². The highest BCUT2D eigenvalue weighted by molar-refractivity contribution is 5.75. The van der Waals surface area contributed by atoms with E-state index in [9.17, 15) is 4.79 Å². The third-order valence-electron chi connectivity index (χ3n) is 3.76. The van der Waals surface area contributed by atoms with Gasteiger partial charge in [-0.05, 0) is 13.0 Å². The van der Waals surface area contributed by atoms with Crippen molar-refractivity contribution in [1.82, 2.24) is 19.8 Å². The second-order valence-electron chi connectivity index (χ2n) is 5.50. The first-order chi connectivity index (χ1) is 8.53. The summed E-state index contributed by atoms with van der Waals surface area (Å²) in [5, 5.41) is 3.40. The summed E-state index contributed by atoms with van der Waals surface area (Å²) in [5.41, 5.74) is 1.39. The molecule has 1 aromatic rings. The molecule has 1 saturated heterocycles. The average molecular weight is 250 g/mol. The van der Waals surface area contributed by atoms with Gasteiger partial charge in [-0.25, -0.2) is 4.98 Å². The Bertz CT molecular complexity index is 418. The van der Waals surface area contributed by atoms with E-state index >= 15 is 0 Å². The highest BCUT2D eigenvalue weighted by Gasteiger charge is 2.33. The number of carbonyl (C=O) groups excluding carboxylic acids is 1. The van der Waals surface area contributed by atoms with Crippen molar-refractivity contribution in [2.45, 2.75) is 31.7 Å². The number of rotatable bonds is 4. The number of hydrogen-bond acceptors (Lipinski definition) is 3. The van der Waals surface area contributed by atoms with Crippen LogP contribution < -0.4 is 5.32 Å². The Morgan fingerprint density at radius 1 is 1.61 bits per heavy atom. The minimum atomic E-state index is 0.150. The maximum absolute atomic E-state index is 11.6. The molecule has 0 saturated carbocycles. The van der Waals surface area contributed by atoms with Crippen LogP contribution in [0.2, 0.25) is 0 Å². The lowest BCUT2D eigenvalue weighted by Crippen LogP contribution is -2.29. The molecule has 1 aliphatic heterocycles. The van der Waals surface area contributed by atoms with Crippen molar-refractivity contribution in [3.63, 3.8) is 0 Å². The van der Waals surface area contributed by atoms with E-state index in [-0.39, 0.29) is 11.3 Å². The zero-order chi connectivity index (χ0) is 13.2. The van der Waals surface area contributed by atoms with Gasteiger partial charge >= 0.3 is 0 Å². The number of imidazole rings is 1. The predicted octanol–water partition coefficient (Wildman–Crippen LogP) is 0.612. The van der Waals surface area contributed by atoms with Gasteiger partial charge in [0, 0.05) is 50.9 Å². The van der Waals surface area contributed by atoms with Gasteiger partial charge < -0.3 is 14.8 Å². The van der Waals surface area contributed by atoms with Crippen molar-refractivity contribution in [3.05, 3.63) is 18.2 Å². The first-order valence-electron chi connectivity index (χ1n) is 6.44. The summed E-state index contributed by atoms with van der Waals surface area (Å²) < 4.78 is 2.12. The first-order valence-corrected chi connectivity index (χ1v) is 6.44. The lowest BCUT2D eigenvalue weighted by Gasteiger charge is -2.24. The molecule has 1 fully saturated rings. The Balaban J connectivity index is 2.06. The van der Waals surface area contributed by atoms with E-state index in [0.29, 0.717) is 13.0 Å². The van der Waals surface area contributed by atoms with Crippen molar-refractivity contribution in [2.75, 3.05) is 27.2 Å². The second-order valence-corrected chi connectivity index (χ2v) is 5.50. The Hall–Kier alpha value is -1.36. The fraction of sp³-hybridized carbons (Fsp3) is 0.692. The predicted molar refractivity (Wildman–Crippen MR) is 70.4 cm³/mol. The van der Waals surface area contributed by atoms with Gasteiger partial charge in [-0.2, -0.15) is 0 Å². The summed E-state index contributed by atoms with van der Waals surface area (Å²) in [6.45, 7) is 5.01. The van der Waals surface area contributed by atoms with Gasteiger partial charge in [-0.1, -0.05) is 6.92 Å². The Morgan fingerprint density at radius 3 is 3.00 bits per heavy atom. The standard InChI is InChI=1S/C13H22N4O/c1-13(5-6-14-9-13)11-8-15-10-17(11)7-4-12(18)16(2)3/h8,10,14H,4-7,9H2,1-3H3. The molecule has 100 valence electrons. The summed E-state index contributed by atoms with van der Waals surface area (Å²) in [6, 6.07) is 0. The molecule has 5 nitrogen and oxygen atoms in total. The van der Waals surface area contributed by atoms with Gasteiger partial charge in [0.15, 0.2) is 0 Å². The Labute approximate surface area is 108 Å². The van der Waals surface area contributed by atoms with E-state index in [0.717, 1.165) is 19.5 Å². The van der Waals surface area contributed by atoms with Crippen LogP contribution in [0, 0.1) is 0 Å². The van der Waals surface area contributed by atoms with Crippen LogP contribution in [0.1, 0.15) is 25.5 Å². The number of aryl methyl sites for hydroxylation is 1. The molecule has 1 aromatic heterocycles. The maximum Gasteiger partial charge on any atom is 0.223 e. The third kappa shape index (κ3) is 2.56. The van der Waals surface area contributed by atoms with Gasteiger partial charge in [0.05, 0.1) is 6.33 Å². The van der Waals surface area contributed by atoms with Crippen molar-refractivity contribution in [3.8, 4) is 0 Å². The molecule has 1 atom stereocenters. The van der Waals surface area contributed by atoms with Crippen LogP contribution in [-0.2, 0) is 16.8 Å². The van der Waals surface area contributed by atoms with Crippen molar-refractivity contribution in [2.24, 2.45) is 0 Å². The minimum absolute atomic E-state index is 0.150. The molecule has 1 N–H and O–H groups in total. The van der Waals surface area contributed by atoms with Gasteiger partial charge in [0.1, 0.15) is 0 Å². The summed E-state index contributed by atoms with van der Waals surface area (Å²) >= 11 is 0. The van der Waals surface area contributed by atoms with Crippen molar-refractivity contribution >= 4 is 5.91 Å². The number of aromatic nitrogens is 2. The fourth-order valence-corrected chi connectivity index (χ4v) is 2.48. The van der Waals surface area contributed by atoms with Crippen LogP contribution in [-0.4, -0.2) is 47.5 Å². The molecule has 0 bridgehead atoms. The van der Waals surface area contributed by atoms with Crippen LogP contribution in [0.25, 0.3) is 0 Å². The molecule has 0 radical (unpaired) electrons. The number of carbonyl (C=O) groups is 1. The van der Waals surface area contributed by atoms with E-state index in [4.69, 9.17) is 0 Å². The van der Waals surface area contributed by atoms with Crippen molar-refractivity contribution < 1.29 is 4.79 Å². The van der Waals surface area contributed by atoms with Crippen LogP contribution in [0.5, 0.6) is 0 Å². The summed E-state index contributed by atoms with van der Waals surface area (Å²) in [5.74, 6) is 0.157. The fourth-order valence-electron chi connectivity index (χ4n) is 2.48. The Kier molecular flexibility index (Phi) is 3.71. The van der Waals surface area contributed by atoms with Crippen LogP contribution in [0.3, 0.4) is 0 Å². The number of nitrogens with zero attached hydrogens (tertiary/aromatic N) is 3. The van der Waals surface area contributed by atoms with Gasteiger partial charge in [0.25, 0.3) is 0 Å². The lowest BCUT2D eigenvalue weighted by atomic mass is 9.86. The molecule has 0 aromatic carbocycles.